The highest BCUT2D eigenvalue weighted by Crippen LogP contribution is 2.49. The van der Waals surface area contributed by atoms with E-state index in [2.05, 4.69) is 21.2 Å². The fourth-order valence-electron chi connectivity index (χ4n) is 8.30. The number of pyridine rings is 5. The lowest BCUT2D eigenvalue weighted by molar-refractivity contribution is -0.137. The Bertz CT molecular complexity index is 3440. The van der Waals surface area contributed by atoms with Gasteiger partial charge in [-0.25, -0.2) is 8.78 Å². The molecule has 0 radical (unpaired) electrons. The van der Waals surface area contributed by atoms with Crippen molar-refractivity contribution in [3.63, 3.8) is 0 Å². The monoisotopic (exact) mass is 842 g/mol. The van der Waals surface area contributed by atoms with Crippen LogP contribution in [-0.2, 0) is 11.3 Å². The minimum Gasteiger partial charge on any atom is -0.481 e. The molecule has 300 valence electrons. The minimum atomic E-state index is -1.27. The number of fused-ring (bicyclic) bond motifs is 4. The summed E-state index contributed by atoms with van der Waals surface area (Å²) in [6.07, 6.45) is 7.28. The third-order valence-electron chi connectivity index (χ3n) is 11.4. The molecular formula is C44H32F2N6O6S2. The van der Waals surface area contributed by atoms with Gasteiger partial charge in [0.15, 0.2) is 5.82 Å². The second kappa shape index (κ2) is 14.3. The van der Waals surface area contributed by atoms with Crippen LogP contribution in [0.15, 0.2) is 86.4 Å². The number of nitrogens with zero attached hydrogens (tertiary/aromatic N) is 4. The number of rotatable bonds is 9. The normalized spacial score (nSPS) is 14.6. The molecule has 0 saturated heterocycles. The van der Waals surface area contributed by atoms with E-state index in [1.165, 1.54) is 10.2 Å². The first-order valence-electron chi connectivity index (χ1n) is 19.3. The molecule has 0 bridgehead atoms. The molecule has 10 rings (SSSR count). The van der Waals surface area contributed by atoms with E-state index in [9.17, 15) is 29.1 Å². The van der Waals surface area contributed by atoms with E-state index < -0.39 is 52.3 Å². The summed E-state index contributed by atoms with van der Waals surface area (Å²) in [7, 11) is 0. The van der Waals surface area contributed by atoms with Crippen LogP contribution in [0, 0.1) is 23.5 Å². The first-order valence-corrected chi connectivity index (χ1v) is 20.9. The molecule has 0 spiro atoms. The Kier molecular flexibility index (Phi) is 9.01. The molecule has 2 saturated carbocycles. The molecule has 2 aliphatic rings. The fourth-order valence-corrected chi connectivity index (χ4v) is 10.6. The van der Waals surface area contributed by atoms with E-state index in [1.54, 1.807) is 48.7 Å². The molecule has 1 unspecified atom stereocenters. The van der Waals surface area contributed by atoms with Crippen molar-refractivity contribution in [3.05, 3.63) is 154 Å². The number of benzene rings is 1. The molecule has 60 heavy (non-hydrogen) atoms. The molecule has 0 amide bonds. The molecule has 12 nitrogen and oxygen atoms in total. The van der Waals surface area contributed by atoms with Gasteiger partial charge in [-0.05, 0) is 84.4 Å². The number of H-pyrrole nitrogens is 1. The number of aromatic amines is 1. The Morgan fingerprint density at radius 1 is 0.917 bits per heavy atom. The van der Waals surface area contributed by atoms with Gasteiger partial charge < -0.3 is 10.8 Å². The van der Waals surface area contributed by atoms with Gasteiger partial charge in [-0.3, -0.25) is 46.1 Å². The third kappa shape index (κ3) is 6.11. The average molecular weight is 843 g/mol. The Labute approximate surface area is 345 Å². The van der Waals surface area contributed by atoms with Crippen LogP contribution in [0.5, 0.6) is 0 Å². The summed E-state index contributed by atoms with van der Waals surface area (Å²) in [5.74, 6) is 2.86. The van der Waals surface area contributed by atoms with Crippen molar-refractivity contribution >= 4 is 60.2 Å². The first kappa shape index (κ1) is 37.7. The molecule has 7 heterocycles. The number of carbonyl (C=O) groups is 1. The highest BCUT2D eigenvalue weighted by Gasteiger charge is 2.37. The van der Waals surface area contributed by atoms with Crippen LogP contribution in [0.1, 0.15) is 89.8 Å². The zero-order valence-corrected chi connectivity index (χ0v) is 33.1. The van der Waals surface area contributed by atoms with Gasteiger partial charge in [-0.2, -0.15) is 0 Å². The zero-order chi connectivity index (χ0) is 41.6. The Morgan fingerprint density at radius 3 is 2.32 bits per heavy atom. The summed E-state index contributed by atoms with van der Waals surface area (Å²) in [5, 5.41) is 9.74. The molecular weight excluding hydrogens is 811 g/mol. The van der Waals surface area contributed by atoms with E-state index in [0.29, 0.717) is 56.6 Å². The lowest BCUT2D eigenvalue weighted by Gasteiger charge is -2.23. The largest absolute Gasteiger partial charge is 0.481 e. The van der Waals surface area contributed by atoms with Crippen molar-refractivity contribution < 1.29 is 18.7 Å². The standard InChI is InChI=1S/C44H32F2N6O6S2/c45-28-20-51-38(34(25-10-11-25)39-36(42(51)56)41(55)49-59-39)35(26(28)12-5-22-2-1-15-48-18-22)30(13-14-32(53)54)52-44(58)37-40(60-52)33(24-8-9-24)31-16-27(29(46)19-50(31)43(37)57)23-6-3-21(17-47)4-7-23/h1-4,6-7,15-16,18-20,24-25,30H,8-11,13-14,17,47H2,(H,49,55)(H,53,54). The molecule has 0 aliphatic heterocycles. The predicted octanol–water partition coefficient (Wildman–Crippen LogP) is 6.60. The van der Waals surface area contributed by atoms with Gasteiger partial charge in [0.25, 0.3) is 22.2 Å². The van der Waals surface area contributed by atoms with Crippen LogP contribution in [0.2, 0.25) is 0 Å². The van der Waals surface area contributed by atoms with Gasteiger partial charge in [0.05, 0.1) is 32.0 Å². The zero-order valence-electron chi connectivity index (χ0n) is 31.5. The molecule has 16 heteroatoms. The summed E-state index contributed by atoms with van der Waals surface area (Å²) >= 11 is 1.95. The van der Waals surface area contributed by atoms with E-state index in [1.807, 2.05) is 0 Å². The predicted molar refractivity (Wildman–Crippen MR) is 225 cm³/mol. The minimum absolute atomic E-state index is 0.0643. The quantitative estimate of drug-likeness (QED) is 0.136. The molecule has 2 fully saturated rings. The second-order valence-corrected chi connectivity index (χ2v) is 17.1. The number of carboxylic acids is 1. The van der Waals surface area contributed by atoms with Crippen LogP contribution >= 0.6 is 23.1 Å². The first-order chi connectivity index (χ1) is 29.0. The average Bonchev–Trinajstić information content (AvgIpc) is 4.19. The molecule has 4 N–H and O–H groups in total. The molecule has 1 aromatic carbocycles. The maximum absolute atomic E-state index is 16.9. The number of aromatic nitrogens is 5. The van der Waals surface area contributed by atoms with Gasteiger partial charge in [0.1, 0.15) is 16.6 Å². The number of hydrogen-bond acceptors (Lipinski definition) is 9. The Hall–Kier alpha value is -6.54. The third-order valence-corrected chi connectivity index (χ3v) is 13.6. The van der Waals surface area contributed by atoms with E-state index in [0.717, 1.165) is 62.7 Å². The number of nitrogens with one attached hydrogen (secondary N) is 1. The summed E-state index contributed by atoms with van der Waals surface area (Å²) < 4.78 is 39.8. The maximum atomic E-state index is 16.9. The summed E-state index contributed by atoms with van der Waals surface area (Å²) in [5.41, 5.74) is 6.80. The number of halogens is 2. The Balaban J connectivity index is 1.31. The summed E-state index contributed by atoms with van der Waals surface area (Å²) in [4.78, 5) is 73.1. The molecule has 2 aliphatic carbocycles. The van der Waals surface area contributed by atoms with Crippen molar-refractivity contribution in [1.29, 1.82) is 0 Å². The van der Waals surface area contributed by atoms with Crippen LogP contribution in [0.3, 0.4) is 0 Å². The number of hydrogen-bond donors (Lipinski definition) is 3. The molecule has 1 atom stereocenters. The molecule has 8 aromatic rings. The smallest absolute Gasteiger partial charge is 0.303 e. The lowest BCUT2D eigenvalue weighted by atomic mass is 9.92. The van der Waals surface area contributed by atoms with Crippen molar-refractivity contribution in [2.45, 2.75) is 62.9 Å². The van der Waals surface area contributed by atoms with Crippen molar-refractivity contribution in [3.8, 4) is 23.0 Å². The maximum Gasteiger partial charge on any atom is 0.303 e. The van der Waals surface area contributed by atoms with Crippen LogP contribution in [0.25, 0.3) is 42.3 Å². The number of nitrogens with two attached hydrogens (primary N) is 1. The summed E-state index contributed by atoms with van der Waals surface area (Å²) in [6.45, 7) is 0.309. The van der Waals surface area contributed by atoms with Gasteiger partial charge >= 0.3 is 5.97 Å². The van der Waals surface area contributed by atoms with Crippen molar-refractivity contribution in [2.75, 3.05) is 0 Å². The number of carboxylic acid groups (broad SMARTS) is 1. The van der Waals surface area contributed by atoms with Gasteiger partial charge in [0.2, 0.25) is 0 Å². The van der Waals surface area contributed by atoms with Crippen LogP contribution in [0.4, 0.5) is 8.78 Å². The second-order valence-electron chi connectivity index (χ2n) is 15.3. The lowest BCUT2D eigenvalue weighted by Crippen LogP contribution is -2.28. The highest BCUT2D eigenvalue weighted by molar-refractivity contribution is 7.14. The van der Waals surface area contributed by atoms with Gasteiger partial charge in [-0.15, -0.1) is 0 Å². The fraction of sp³-hybridized carbons (Fsp3) is 0.227. The van der Waals surface area contributed by atoms with E-state index in [-0.39, 0.29) is 51.2 Å². The van der Waals surface area contributed by atoms with Gasteiger partial charge in [0, 0.05) is 54.4 Å². The summed E-state index contributed by atoms with van der Waals surface area (Å²) in [6, 6.07) is 10.8. The van der Waals surface area contributed by atoms with Crippen LogP contribution in [-0.4, -0.2) is 33.2 Å². The SMILES string of the molecule is NCc1ccc(-c2cc3c(C4CC4)c4sn(C(CCC(=O)O)c5c(C#Cc6cccnc6)c(F)cn6c(=O)c7c(=O)[nH]sc7c(C7CC7)c56)c(=O)c4c(=O)n3cc2F)cc1. The van der Waals surface area contributed by atoms with Gasteiger partial charge in [-0.1, -0.05) is 59.2 Å². The van der Waals surface area contributed by atoms with Crippen LogP contribution < -0.4 is 28.0 Å². The van der Waals surface area contributed by atoms with E-state index >= 15 is 8.78 Å². The number of aliphatic carboxylic acids is 1. The van der Waals surface area contributed by atoms with Crippen molar-refractivity contribution in [1.82, 2.24) is 22.1 Å². The van der Waals surface area contributed by atoms with Crippen molar-refractivity contribution in [2.24, 2.45) is 5.73 Å². The van der Waals surface area contributed by atoms with E-state index in [4.69, 9.17) is 5.73 Å². The molecule has 7 aromatic heterocycles. The highest BCUT2D eigenvalue weighted by atomic mass is 32.1. The topological polar surface area (TPSA) is 174 Å². The Morgan fingerprint density at radius 2 is 1.63 bits per heavy atom.